The fourth-order valence-corrected chi connectivity index (χ4v) is 3.55. The number of benzene rings is 4. The zero-order chi connectivity index (χ0) is 19.5. The predicted molar refractivity (Wildman–Crippen MR) is 113 cm³/mol. The minimum Gasteiger partial charge on any atom is -0.497 e. The van der Waals surface area contributed by atoms with Crippen LogP contribution in [0.4, 0.5) is 5.69 Å². The van der Waals surface area contributed by atoms with Gasteiger partial charge in [0.1, 0.15) is 11.5 Å². The molecule has 4 aromatic rings. The van der Waals surface area contributed by atoms with Gasteiger partial charge in [-0.05, 0) is 45.3 Å². The van der Waals surface area contributed by atoms with E-state index < -0.39 is 0 Å². The van der Waals surface area contributed by atoms with Crippen molar-refractivity contribution in [3.8, 4) is 11.5 Å². The van der Waals surface area contributed by atoms with E-state index in [-0.39, 0.29) is 12.3 Å². The lowest BCUT2D eigenvalue weighted by molar-refractivity contribution is -0.115. The van der Waals surface area contributed by atoms with Crippen LogP contribution in [0.5, 0.6) is 11.5 Å². The van der Waals surface area contributed by atoms with Gasteiger partial charge in [-0.3, -0.25) is 4.79 Å². The molecule has 4 rings (SSSR count). The number of ether oxygens (including phenoxy) is 2. The van der Waals surface area contributed by atoms with E-state index in [0.717, 1.165) is 21.7 Å². The standard InChI is InChI=1S/C24H21NO3/c1-27-18-11-12-22(23(15-18)28-2)25-24(26)14-17-13-16-7-3-4-8-19(16)21-10-6-5-9-20(17)21/h3-13,15H,14H2,1-2H3,(H,25,26). The molecule has 1 amide bonds. The molecule has 4 heteroatoms. The second-order valence-corrected chi connectivity index (χ2v) is 6.59. The molecule has 0 aliphatic carbocycles. The van der Waals surface area contributed by atoms with E-state index in [9.17, 15) is 4.79 Å². The number of fused-ring (bicyclic) bond motifs is 3. The van der Waals surface area contributed by atoms with E-state index in [1.807, 2.05) is 24.3 Å². The Kier molecular flexibility index (Phi) is 4.85. The van der Waals surface area contributed by atoms with Crippen molar-refractivity contribution in [1.82, 2.24) is 0 Å². The average molecular weight is 371 g/mol. The Morgan fingerprint density at radius 1 is 0.821 bits per heavy atom. The monoisotopic (exact) mass is 371 g/mol. The summed E-state index contributed by atoms with van der Waals surface area (Å²) >= 11 is 0. The summed E-state index contributed by atoms with van der Waals surface area (Å²) in [5, 5.41) is 7.53. The third-order valence-electron chi connectivity index (χ3n) is 4.89. The lowest BCUT2D eigenvalue weighted by Crippen LogP contribution is -2.15. The summed E-state index contributed by atoms with van der Waals surface area (Å²) < 4.78 is 10.6. The molecule has 0 bridgehead atoms. The molecule has 0 heterocycles. The van der Waals surface area contributed by atoms with E-state index in [4.69, 9.17) is 9.47 Å². The van der Waals surface area contributed by atoms with Crippen LogP contribution in [0, 0.1) is 0 Å². The highest BCUT2D eigenvalue weighted by Crippen LogP contribution is 2.31. The molecule has 4 nitrogen and oxygen atoms in total. The van der Waals surface area contributed by atoms with Gasteiger partial charge in [0.25, 0.3) is 0 Å². The van der Waals surface area contributed by atoms with Crippen LogP contribution in [0.1, 0.15) is 5.56 Å². The smallest absolute Gasteiger partial charge is 0.228 e. The Morgan fingerprint density at radius 2 is 1.54 bits per heavy atom. The molecule has 28 heavy (non-hydrogen) atoms. The average Bonchev–Trinajstić information content (AvgIpc) is 2.74. The molecular weight excluding hydrogens is 350 g/mol. The molecule has 0 atom stereocenters. The number of carbonyl (C=O) groups is 1. The highest BCUT2D eigenvalue weighted by molar-refractivity contribution is 6.10. The van der Waals surface area contributed by atoms with Crippen LogP contribution in [0.2, 0.25) is 0 Å². The van der Waals surface area contributed by atoms with E-state index in [0.29, 0.717) is 17.2 Å². The van der Waals surface area contributed by atoms with Crippen LogP contribution in [-0.2, 0) is 11.2 Å². The molecule has 140 valence electrons. The van der Waals surface area contributed by atoms with E-state index >= 15 is 0 Å². The maximum absolute atomic E-state index is 12.8. The van der Waals surface area contributed by atoms with Gasteiger partial charge in [0.05, 0.1) is 26.3 Å². The van der Waals surface area contributed by atoms with Crippen molar-refractivity contribution in [3.05, 3.63) is 78.4 Å². The van der Waals surface area contributed by atoms with Crippen LogP contribution < -0.4 is 14.8 Å². The molecule has 0 unspecified atom stereocenters. The maximum Gasteiger partial charge on any atom is 0.228 e. The summed E-state index contributed by atoms with van der Waals surface area (Å²) in [6.45, 7) is 0. The number of carbonyl (C=O) groups excluding carboxylic acids is 1. The topological polar surface area (TPSA) is 47.6 Å². The van der Waals surface area contributed by atoms with Gasteiger partial charge < -0.3 is 14.8 Å². The minimum absolute atomic E-state index is 0.0936. The van der Waals surface area contributed by atoms with E-state index in [1.165, 1.54) is 5.39 Å². The van der Waals surface area contributed by atoms with Gasteiger partial charge in [-0.15, -0.1) is 0 Å². The van der Waals surface area contributed by atoms with Crippen molar-refractivity contribution in [1.29, 1.82) is 0 Å². The summed E-state index contributed by atoms with van der Waals surface area (Å²) in [4.78, 5) is 12.8. The maximum atomic E-state index is 12.8. The number of hydrogen-bond donors (Lipinski definition) is 1. The van der Waals surface area contributed by atoms with Crippen molar-refractivity contribution in [2.45, 2.75) is 6.42 Å². The summed E-state index contributed by atoms with van der Waals surface area (Å²) in [6.07, 6.45) is 0.278. The lowest BCUT2D eigenvalue weighted by Gasteiger charge is -2.13. The third-order valence-corrected chi connectivity index (χ3v) is 4.89. The van der Waals surface area contributed by atoms with E-state index in [1.54, 1.807) is 32.4 Å². The normalized spacial score (nSPS) is 10.8. The van der Waals surface area contributed by atoms with Gasteiger partial charge in [-0.1, -0.05) is 48.5 Å². The molecule has 0 radical (unpaired) electrons. The Hall–Kier alpha value is -3.53. The summed E-state index contributed by atoms with van der Waals surface area (Å²) in [7, 11) is 3.17. The minimum atomic E-state index is -0.0936. The SMILES string of the molecule is COc1ccc(NC(=O)Cc2cc3ccccc3c3ccccc23)c(OC)c1. The number of nitrogens with one attached hydrogen (secondary N) is 1. The Bertz CT molecular complexity index is 1170. The Labute approximate surface area is 163 Å². The van der Waals surface area contributed by atoms with Crippen LogP contribution in [-0.4, -0.2) is 20.1 Å². The largest absolute Gasteiger partial charge is 0.497 e. The zero-order valence-electron chi connectivity index (χ0n) is 15.9. The number of rotatable bonds is 5. The van der Waals surface area contributed by atoms with Gasteiger partial charge in [0, 0.05) is 6.07 Å². The van der Waals surface area contributed by atoms with Crippen molar-refractivity contribution in [2.24, 2.45) is 0 Å². The highest BCUT2D eigenvalue weighted by atomic mass is 16.5. The van der Waals surface area contributed by atoms with Crippen LogP contribution in [0.15, 0.2) is 72.8 Å². The molecule has 0 aromatic heterocycles. The Balaban J connectivity index is 1.67. The first-order valence-corrected chi connectivity index (χ1v) is 9.11. The number of anilines is 1. The summed E-state index contributed by atoms with van der Waals surface area (Å²) in [6, 6.07) is 23.9. The first-order valence-electron chi connectivity index (χ1n) is 9.11. The number of hydrogen-bond acceptors (Lipinski definition) is 3. The van der Waals surface area contributed by atoms with Gasteiger partial charge >= 0.3 is 0 Å². The fraction of sp³-hybridized carbons (Fsp3) is 0.125. The first kappa shape index (κ1) is 17.9. The quantitative estimate of drug-likeness (QED) is 0.491. The van der Waals surface area contributed by atoms with Crippen molar-refractivity contribution in [2.75, 3.05) is 19.5 Å². The van der Waals surface area contributed by atoms with Crippen LogP contribution in [0.25, 0.3) is 21.5 Å². The Morgan fingerprint density at radius 3 is 2.29 bits per heavy atom. The molecule has 0 fully saturated rings. The molecule has 0 aliphatic rings. The third kappa shape index (κ3) is 3.37. The fourth-order valence-electron chi connectivity index (χ4n) is 3.55. The summed E-state index contributed by atoms with van der Waals surface area (Å²) in [5.41, 5.74) is 1.62. The van der Waals surface area contributed by atoms with Gasteiger partial charge in [0.2, 0.25) is 5.91 Å². The predicted octanol–water partition coefficient (Wildman–Crippen LogP) is 5.19. The van der Waals surface area contributed by atoms with Crippen LogP contribution in [0.3, 0.4) is 0 Å². The summed E-state index contributed by atoms with van der Waals surface area (Å²) in [5.74, 6) is 1.15. The molecule has 1 N–H and O–H groups in total. The lowest BCUT2D eigenvalue weighted by atomic mass is 9.95. The number of amides is 1. The highest BCUT2D eigenvalue weighted by Gasteiger charge is 2.13. The van der Waals surface area contributed by atoms with Crippen molar-refractivity contribution < 1.29 is 14.3 Å². The second kappa shape index (κ2) is 7.61. The van der Waals surface area contributed by atoms with Gasteiger partial charge in [-0.2, -0.15) is 0 Å². The van der Waals surface area contributed by atoms with Crippen molar-refractivity contribution >= 4 is 33.1 Å². The van der Waals surface area contributed by atoms with E-state index in [2.05, 4.69) is 35.6 Å². The molecule has 4 aromatic carbocycles. The molecule has 0 aliphatic heterocycles. The molecular formula is C24H21NO3. The van der Waals surface area contributed by atoms with Crippen LogP contribution >= 0.6 is 0 Å². The van der Waals surface area contributed by atoms with Crippen molar-refractivity contribution in [3.63, 3.8) is 0 Å². The zero-order valence-corrected chi connectivity index (χ0v) is 15.9. The number of methoxy groups -OCH3 is 2. The van der Waals surface area contributed by atoms with Gasteiger partial charge in [-0.25, -0.2) is 0 Å². The molecule has 0 saturated heterocycles. The molecule has 0 spiro atoms. The van der Waals surface area contributed by atoms with Gasteiger partial charge in [0.15, 0.2) is 0 Å². The second-order valence-electron chi connectivity index (χ2n) is 6.59. The molecule has 0 saturated carbocycles. The first-order chi connectivity index (χ1) is 13.7.